The lowest BCUT2D eigenvalue weighted by Gasteiger charge is -2.15. The van der Waals surface area contributed by atoms with Crippen molar-refractivity contribution in [1.82, 2.24) is 0 Å². The van der Waals surface area contributed by atoms with Crippen LogP contribution in [-0.2, 0) is 20.1 Å². The summed E-state index contributed by atoms with van der Waals surface area (Å²) in [6.45, 7) is 2.64. The molecule has 20 heavy (non-hydrogen) atoms. The quantitative estimate of drug-likeness (QED) is 0.398. The predicted molar refractivity (Wildman–Crippen MR) is 81.0 cm³/mol. The van der Waals surface area contributed by atoms with Gasteiger partial charge in [-0.2, -0.15) is 0 Å². The Bertz CT molecular complexity index is 391. The van der Waals surface area contributed by atoms with E-state index in [-0.39, 0.29) is 5.97 Å². The topological polar surface area (TPSA) is 44.8 Å². The third-order valence-corrected chi connectivity index (χ3v) is 3.25. The molecule has 4 nitrogen and oxygen atoms in total. The average molecular weight is 298 g/mol. The van der Waals surface area contributed by atoms with E-state index in [0.29, 0.717) is 12.2 Å². The van der Waals surface area contributed by atoms with Crippen molar-refractivity contribution in [3.05, 3.63) is 29.8 Å². The molecule has 5 heteroatoms. The zero-order valence-electron chi connectivity index (χ0n) is 12.3. The molecule has 0 spiro atoms. The summed E-state index contributed by atoms with van der Waals surface area (Å²) in [6, 6.07) is 7.80. The molecular formula is C15H22O4S. The van der Waals surface area contributed by atoms with Gasteiger partial charge in [-0.3, -0.25) is 0 Å². The van der Waals surface area contributed by atoms with Crippen LogP contribution in [0.3, 0.4) is 0 Å². The van der Waals surface area contributed by atoms with E-state index >= 15 is 0 Å². The van der Waals surface area contributed by atoms with Crippen molar-refractivity contribution in [3.63, 3.8) is 0 Å². The van der Waals surface area contributed by atoms with Crippen molar-refractivity contribution in [2.24, 2.45) is 0 Å². The average Bonchev–Trinajstić information content (AvgIpc) is 2.49. The largest absolute Gasteiger partial charge is 0.479 e. The Kier molecular flexibility index (Phi) is 8.14. The van der Waals surface area contributed by atoms with E-state index in [2.05, 4.69) is 0 Å². The van der Waals surface area contributed by atoms with Crippen LogP contribution in [0.4, 0.5) is 0 Å². The van der Waals surface area contributed by atoms with E-state index in [1.54, 1.807) is 0 Å². The Hall–Kier alpha value is -1.20. The molecule has 1 rings (SSSR count). The summed E-state index contributed by atoms with van der Waals surface area (Å²) in [5, 5.41) is 0. The van der Waals surface area contributed by atoms with Crippen LogP contribution >= 0.6 is 12.0 Å². The normalized spacial score (nSPS) is 11.9. The van der Waals surface area contributed by atoms with Gasteiger partial charge < -0.3 is 13.7 Å². The zero-order chi connectivity index (χ0) is 14.8. The van der Waals surface area contributed by atoms with Crippen LogP contribution in [0.2, 0.25) is 0 Å². The van der Waals surface area contributed by atoms with Gasteiger partial charge in [-0.25, -0.2) is 4.79 Å². The predicted octanol–water partition coefficient (Wildman–Crippen LogP) is 3.24. The number of benzene rings is 1. The molecule has 1 aromatic rings. The van der Waals surface area contributed by atoms with E-state index in [1.807, 2.05) is 37.4 Å². The number of ether oxygens (including phenoxy) is 2. The van der Waals surface area contributed by atoms with E-state index < -0.39 is 6.10 Å². The molecule has 0 saturated heterocycles. The van der Waals surface area contributed by atoms with Crippen LogP contribution < -0.4 is 4.74 Å². The van der Waals surface area contributed by atoms with Gasteiger partial charge >= 0.3 is 5.97 Å². The Morgan fingerprint density at radius 3 is 2.55 bits per heavy atom. The highest BCUT2D eigenvalue weighted by atomic mass is 32.2. The summed E-state index contributed by atoms with van der Waals surface area (Å²) in [4.78, 5) is 11.5. The minimum Gasteiger partial charge on any atom is -0.479 e. The SMILES string of the molecule is CCC(Oc1ccc(CCCOSC)cc1)C(=O)OC. The molecule has 1 atom stereocenters. The Morgan fingerprint density at radius 1 is 1.30 bits per heavy atom. The van der Waals surface area contributed by atoms with Gasteiger partial charge in [0.15, 0.2) is 6.10 Å². The lowest BCUT2D eigenvalue weighted by Crippen LogP contribution is -2.27. The molecule has 0 N–H and O–H groups in total. The van der Waals surface area contributed by atoms with E-state index in [1.165, 1.54) is 24.7 Å². The first-order chi connectivity index (χ1) is 9.71. The number of esters is 1. The first kappa shape index (κ1) is 16.9. The van der Waals surface area contributed by atoms with Crippen molar-refractivity contribution in [1.29, 1.82) is 0 Å². The van der Waals surface area contributed by atoms with Crippen molar-refractivity contribution in [3.8, 4) is 5.75 Å². The molecule has 0 heterocycles. The third kappa shape index (κ3) is 5.84. The molecule has 112 valence electrons. The molecule has 0 radical (unpaired) electrons. The van der Waals surface area contributed by atoms with Gasteiger partial charge in [0.25, 0.3) is 0 Å². The van der Waals surface area contributed by atoms with E-state index in [4.69, 9.17) is 13.7 Å². The lowest BCUT2D eigenvalue weighted by atomic mass is 10.1. The molecule has 0 amide bonds. The number of carbonyl (C=O) groups excluding carboxylic acids is 1. The van der Waals surface area contributed by atoms with Gasteiger partial charge in [-0.1, -0.05) is 19.1 Å². The van der Waals surface area contributed by atoms with Crippen molar-refractivity contribution >= 4 is 18.0 Å². The lowest BCUT2D eigenvalue weighted by molar-refractivity contribution is -0.148. The van der Waals surface area contributed by atoms with Crippen LogP contribution in [0.25, 0.3) is 0 Å². The fourth-order valence-corrected chi connectivity index (χ4v) is 2.03. The highest BCUT2D eigenvalue weighted by molar-refractivity contribution is 7.93. The second-order valence-corrected chi connectivity index (χ2v) is 4.84. The minimum atomic E-state index is -0.541. The fraction of sp³-hybridized carbons (Fsp3) is 0.533. The standard InChI is InChI=1S/C15H22O4S/c1-4-14(15(16)17-2)19-13-9-7-12(8-10-13)6-5-11-18-20-3/h7-10,14H,4-6,11H2,1-3H3. The van der Waals surface area contributed by atoms with Crippen LogP contribution in [0, 0.1) is 0 Å². The van der Waals surface area contributed by atoms with Crippen molar-refractivity contribution in [2.45, 2.75) is 32.3 Å². The summed E-state index contributed by atoms with van der Waals surface area (Å²) in [5.74, 6) is 0.345. The Morgan fingerprint density at radius 2 is 2.00 bits per heavy atom. The molecule has 1 aromatic carbocycles. The smallest absolute Gasteiger partial charge is 0.347 e. The Balaban J connectivity index is 2.47. The van der Waals surface area contributed by atoms with Crippen LogP contribution in [-0.4, -0.2) is 32.0 Å². The Labute approximate surface area is 125 Å². The van der Waals surface area contributed by atoms with Crippen LogP contribution in [0.5, 0.6) is 5.75 Å². The summed E-state index contributed by atoms with van der Waals surface area (Å²) >= 11 is 1.39. The van der Waals surface area contributed by atoms with E-state index in [0.717, 1.165) is 19.4 Å². The highest BCUT2D eigenvalue weighted by Gasteiger charge is 2.18. The number of carbonyl (C=O) groups is 1. The van der Waals surface area contributed by atoms with Gasteiger partial charge in [0.05, 0.1) is 13.7 Å². The molecule has 0 aliphatic heterocycles. The molecule has 0 aliphatic carbocycles. The maximum atomic E-state index is 11.5. The molecule has 0 fully saturated rings. The van der Waals surface area contributed by atoms with E-state index in [9.17, 15) is 4.79 Å². The van der Waals surface area contributed by atoms with Crippen LogP contribution in [0.15, 0.2) is 24.3 Å². The zero-order valence-corrected chi connectivity index (χ0v) is 13.1. The summed E-state index contributed by atoms with van der Waals surface area (Å²) < 4.78 is 15.5. The highest BCUT2D eigenvalue weighted by Crippen LogP contribution is 2.16. The second kappa shape index (κ2) is 9.66. The molecule has 0 saturated carbocycles. The van der Waals surface area contributed by atoms with Gasteiger partial charge in [0.1, 0.15) is 5.75 Å². The maximum absolute atomic E-state index is 11.5. The van der Waals surface area contributed by atoms with Crippen molar-refractivity contribution < 1.29 is 18.5 Å². The summed E-state index contributed by atoms with van der Waals surface area (Å²) in [5.41, 5.74) is 1.23. The second-order valence-electron chi connectivity index (χ2n) is 4.27. The van der Waals surface area contributed by atoms with Crippen LogP contribution in [0.1, 0.15) is 25.3 Å². The number of hydrogen-bond acceptors (Lipinski definition) is 5. The molecule has 0 aromatic heterocycles. The number of aryl methyl sites for hydroxylation is 1. The number of rotatable bonds is 9. The molecule has 0 aliphatic rings. The van der Waals surface area contributed by atoms with Gasteiger partial charge in [0.2, 0.25) is 0 Å². The maximum Gasteiger partial charge on any atom is 0.347 e. The summed E-state index contributed by atoms with van der Waals surface area (Å²) in [7, 11) is 1.37. The first-order valence-electron chi connectivity index (χ1n) is 6.70. The first-order valence-corrected chi connectivity index (χ1v) is 7.85. The monoisotopic (exact) mass is 298 g/mol. The number of hydrogen-bond donors (Lipinski definition) is 0. The van der Waals surface area contributed by atoms with Gasteiger partial charge in [-0.15, -0.1) is 0 Å². The van der Waals surface area contributed by atoms with Gasteiger partial charge in [0, 0.05) is 6.26 Å². The molecular weight excluding hydrogens is 276 g/mol. The molecule has 1 unspecified atom stereocenters. The third-order valence-electron chi connectivity index (χ3n) is 2.85. The van der Waals surface area contributed by atoms with Gasteiger partial charge in [-0.05, 0) is 49.0 Å². The number of methoxy groups -OCH3 is 1. The van der Waals surface area contributed by atoms with Crippen molar-refractivity contribution in [2.75, 3.05) is 20.0 Å². The fourth-order valence-electron chi connectivity index (χ4n) is 1.75. The summed E-state index contributed by atoms with van der Waals surface area (Å²) in [6.07, 6.45) is 3.91. The minimum absolute atomic E-state index is 0.342. The molecule has 0 bridgehead atoms.